The van der Waals surface area contributed by atoms with Gasteiger partial charge < -0.3 is 54.7 Å². The maximum absolute atomic E-state index is 12.2. The fourth-order valence-electron chi connectivity index (χ4n) is 5.01. The van der Waals surface area contributed by atoms with Crippen LogP contribution in [0.5, 0.6) is 0 Å². The molecule has 0 spiro atoms. The average Bonchev–Trinajstić information content (AvgIpc) is 2.95. The third-order valence-corrected chi connectivity index (χ3v) is 7.68. The van der Waals surface area contributed by atoms with E-state index in [0.29, 0.717) is 6.42 Å². The van der Waals surface area contributed by atoms with Gasteiger partial charge in [-0.1, -0.05) is 84.0 Å². The van der Waals surface area contributed by atoms with Gasteiger partial charge in [0, 0.05) is 6.42 Å². The number of unbranched alkanes of at least 4 members (excludes halogenated alkanes) is 12. The van der Waals surface area contributed by atoms with Gasteiger partial charge in [-0.25, -0.2) is 0 Å². The molecule has 2 aliphatic heterocycles. The Balaban J connectivity index is 1.64. The van der Waals surface area contributed by atoms with Gasteiger partial charge in [-0.05, 0) is 6.42 Å². The minimum absolute atomic E-state index is 0.205. The Kier molecular flexibility index (Phi) is 17.0. The van der Waals surface area contributed by atoms with Crippen LogP contribution < -0.4 is 0 Å². The van der Waals surface area contributed by atoms with Crippen molar-refractivity contribution in [3.63, 3.8) is 0 Å². The quantitative estimate of drug-likeness (QED) is 0.0833. The lowest BCUT2D eigenvalue weighted by Gasteiger charge is -2.44. The van der Waals surface area contributed by atoms with Crippen LogP contribution in [-0.2, 0) is 23.7 Å². The normalized spacial score (nSPS) is 34.6. The van der Waals surface area contributed by atoms with Gasteiger partial charge in [-0.15, -0.1) is 0 Å². The second-order valence-electron chi connectivity index (χ2n) is 11.0. The summed E-state index contributed by atoms with van der Waals surface area (Å²) >= 11 is 0. The molecular weight excluding hydrogens is 528 g/mol. The van der Waals surface area contributed by atoms with E-state index < -0.39 is 80.6 Å². The molecule has 0 radical (unpaired) electrons. The third kappa shape index (κ3) is 11.4. The number of hydrogen-bond acceptors (Lipinski definition) is 12. The molecule has 10 atom stereocenters. The molecule has 0 aromatic heterocycles. The number of hydrogen-bond donors (Lipinski definition) is 7. The van der Waals surface area contributed by atoms with Crippen LogP contribution >= 0.6 is 0 Å². The van der Waals surface area contributed by atoms with Crippen LogP contribution in [0.3, 0.4) is 0 Å². The second-order valence-corrected chi connectivity index (χ2v) is 11.0. The number of aliphatic hydroxyl groups is 7. The lowest BCUT2D eigenvalue weighted by molar-refractivity contribution is -0.376. The average molecular weight is 581 g/mol. The predicted molar refractivity (Wildman–Crippen MR) is 143 cm³/mol. The second kappa shape index (κ2) is 19.3. The Labute approximate surface area is 237 Å². The SMILES string of the molecule is CCCCCCCCCCCCCCCC(=O)OC[C@H]1O[C@H](O[C@@H]2O[C@@H](CO)[C@H](O)[C@@H](O)[C@@H]2O)[C@H](O)[C@@H](O)[C@@H]1O. The summed E-state index contributed by atoms with van der Waals surface area (Å²) in [6, 6.07) is 0. The summed E-state index contributed by atoms with van der Waals surface area (Å²) < 4.78 is 21.3. The van der Waals surface area contributed by atoms with E-state index in [1.54, 1.807) is 0 Å². The summed E-state index contributed by atoms with van der Waals surface area (Å²) in [5.74, 6) is -0.481. The van der Waals surface area contributed by atoms with E-state index in [4.69, 9.17) is 18.9 Å². The Hall–Kier alpha value is -0.930. The number of ether oxygens (including phenoxy) is 4. The zero-order chi connectivity index (χ0) is 29.5. The van der Waals surface area contributed by atoms with Gasteiger partial charge in [0.15, 0.2) is 12.6 Å². The Morgan fingerprint density at radius 2 is 1.02 bits per heavy atom. The standard InChI is InChI=1S/C28H52O12/c1-2-3-4-5-6-7-8-9-10-11-12-13-14-15-20(30)37-17-19-22(32)24(34)26(36)28(39-19)40-27-25(35)23(33)21(31)18(16-29)38-27/h18-19,21-29,31-36H,2-17H2,1H3/t18-,19+,21-,22+,23+,24-,25-,26+,27-,28+/m0/s1. The zero-order valence-electron chi connectivity index (χ0n) is 23.8. The molecule has 12 heteroatoms. The molecule has 40 heavy (non-hydrogen) atoms. The highest BCUT2D eigenvalue weighted by Gasteiger charge is 2.49. The molecule has 2 rings (SSSR count). The van der Waals surface area contributed by atoms with Crippen molar-refractivity contribution in [1.29, 1.82) is 0 Å². The first kappa shape index (κ1) is 35.3. The number of aliphatic hydroxyl groups excluding tert-OH is 7. The fraction of sp³-hybridized carbons (Fsp3) is 0.964. The number of carbonyl (C=O) groups is 1. The maximum Gasteiger partial charge on any atom is 0.305 e. The predicted octanol–water partition coefficient (Wildman–Crippen LogP) is 0.635. The van der Waals surface area contributed by atoms with Crippen molar-refractivity contribution < 1.29 is 59.5 Å². The molecule has 2 saturated heterocycles. The van der Waals surface area contributed by atoms with Crippen molar-refractivity contribution in [1.82, 2.24) is 0 Å². The summed E-state index contributed by atoms with van der Waals surface area (Å²) in [6.07, 6.45) is -0.249. The van der Waals surface area contributed by atoms with Gasteiger partial charge >= 0.3 is 5.97 Å². The van der Waals surface area contributed by atoms with Crippen LogP contribution in [0.25, 0.3) is 0 Å². The minimum Gasteiger partial charge on any atom is -0.463 e. The maximum atomic E-state index is 12.2. The molecule has 0 bridgehead atoms. The lowest BCUT2D eigenvalue weighted by Crippen LogP contribution is -2.63. The van der Waals surface area contributed by atoms with Gasteiger partial charge in [-0.3, -0.25) is 4.79 Å². The summed E-state index contributed by atoms with van der Waals surface area (Å²) in [4.78, 5) is 12.2. The van der Waals surface area contributed by atoms with E-state index in [2.05, 4.69) is 6.92 Å². The molecule has 2 aliphatic rings. The van der Waals surface area contributed by atoms with E-state index in [0.717, 1.165) is 19.3 Å². The van der Waals surface area contributed by atoms with Gasteiger partial charge in [0.2, 0.25) is 0 Å². The summed E-state index contributed by atoms with van der Waals surface area (Å²) in [7, 11) is 0. The largest absolute Gasteiger partial charge is 0.463 e. The van der Waals surface area contributed by atoms with Gasteiger partial charge in [-0.2, -0.15) is 0 Å². The molecule has 12 nitrogen and oxygen atoms in total. The van der Waals surface area contributed by atoms with Crippen LogP contribution in [0.1, 0.15) is 96.8 Å². The van der Waals surface area contributed by atoms with Crippen molar-refractivity contribution >= 4 is 5.97 Å². The van der Waals surface area contributed by atoms with Crippen LogP contribution in [0.15, 0.2) is 0 Å². The van der Waals surface area contributed by atoms with Crippen molar-refractivity contribution in [3.05, 3.63) is 0 Å². The molecule has 0 amide bonds. The Morgan fingerprint density at radius 1 is 0.600 bits per heavy atom. The first-order valence-electron chi connectivity index (χ1n) is 15.0. The molecule has 0 aromatic rings. The highest BCUT2D eigenvalue weighted by molar-refractivity contribution is 5.69. The zero-order valence-corrected chi connectivity index (χ0v) is 23.8. The highest BCUT2D eigenvalue weighted by Crippen LogP contribution is 2.28. The first-order valence-corrected chi connectivity index (χ1v) is 15.0. The lowest BCUT2D eigenvalue weighted by atomic mass is 9.98. The van der Waals surface area contributed by atoms with E-state index in [9.17, 15) is 40.5 Å². The van der Waals surface area contributed by atoms with Crippen molar-refractivity contribution in [2.45, 2.75) is 158 Å². The summed E-state index contributed by atoms with van der Waals surface area (Å²) in [6.45, 7) is 1.14. The number of carbonyl (C=O) groups excluding carboxylic acids is 1. The van der Waals surface area contributed by atoms with Crippen molar-refractivity contribution in [3.8, 4) is 0 Å². The number of esters is 1. The van der Waals surface area contributed by atoms with Crippen LogP contribution in [0, 0.1) is 0 Å². The Morgan fingerprint density at radius 3 is 1.50 bits per heavy atom. The molecule has 0 unspecified atom stereocenters. The van der Waals surface area contributed by atoms with Crippen LogP contribution in [-0.4, -0.2) is 116 Å². The van der Waals surface area contributed by atoms with Crippen LogP contribution in [0.2, 0.25) is 0 Å². The van der Waals surface area contributed by atoms with E-state index in [1.807, 2.05) is 0 Å². The molecular formula is C28H52O12. The highest BCUT2D eigenvalue weighted by atomic mass is 16.8. The van der Waals surface area contributed by atoms with Crippen molar-refractivity contribution in [2.24, 2.45) is 0 Å². The monoisotopic (exact) mass is 580 g/mol. The van der Waals surface area contributed by atoms with E-state index >= 15 is 0 Å². The van der Waals surface area contributed by atoms with Crippen molar-refractivity contribution in [2.75, 3.05) is 13.2 Å². The van der Waals surface area contributed by atoms with Gasteiger partial charge in [0.05, 0.1) is 6.61 Å². The Bertz CT molecular complexity index is 680. The van der Waals surface area contributed by atoms with E-state index in [-0.39, 0.29) is 6.42 Å². The smallest absolute Gasteiger partial charge is 0.305 e. The third-order valence-electron chi connectivity index (χ3n) is 7.68. The molecule has 236 valence electrons. The molecule has 2 heterocycles. The molecule has 0 saturated carbocycles. The number of rotatable bonds is 19. The first-order chi connectivity index (χ1) is 19.2. The molecule has 7 N–H and O–H groups in total. The topological polar surface area (TPSA) is 196 Å². The molecule has 0 aromatic carbocycles. The molecule has 2 fully saturated rings. The summed E-state index contributed by atoms with van der Waals surface area (Å²) in [5.41, 5.74) is 0. The van der Waals surface area contributed by atoms with Crippen LogP contribution in [0.4, 0.5) is 0 Å². The summed E-state index contributed by atoms with van der Waals surface area (Å²) in [5, 5.41) is 70.1. The minimum atomic E-state index is -1.76. The van der Waals surface area contributed by atoms with E-state index in [1.165, 1.54) is 57.8 Å². The van der Waals surface area contributed by atoms with Gasteiger partial charge in [0.25, 0.3) is 0 Å². The fourth-order valence-corrected chi connectivity index (χ4v) is 5.01. The molecule has 0 aliphatic carbocycles. The van der Waals surface area contributed by atoms with Gasteiger partial charge in [0.1, 0.15) is 55.4 Å².